The van der Waals surface area contributed by atoms with Crippen LogP contribution in [0.25, 0.3) is 0 Å². The number of likely N-dealkylation sites (tertiary alicyclic amines) is 1. The Kier molecular flexibility index (Phi) is 5.18. The summed E-state index contributed by atoms with van der Waals surface area (Å²) in [5.74, 6) is 0.390. The van der Waals surface area contributed by atoms with Gasteiger partial charge in [0.25, 0.3) is 0 Å². The fourth-order valence-corrected chi connectivity index (χ4v) is 3.65. The molecule has 1 N–H and O–H groups in total. The lowest BCUT2D eigenvalue weighted by molar-refractivity contribution is -0.132. The molecule has 0 atom stereocenters. The molecule has 0 radical (unpaired) electrons. The molecule has 0 aromatic heterocycles. The summed E-state index contributed by atoms with van der Waals surface area (Å²) in [6.45, 7) is 5.98. The van der Waals surface area contributed by atoms with Crippen molar-refractivity contribution in [2.24, 2.45) is 0 Å². The molecule has 3 rings (SSSR count). The zero-order chi connectivity index (χ0) is 16.2. The number of carbonyl (C=O) groups excluding carboxylic acids is 1. The van der Waals surface area contributed by atoms with Crippen LogP contribution in [-0.4, -0.2) is 78.1 Å². The van der Waals surface area contributed by atoms with Crippen LogP contribution in [0.2, 0.25) is 0 Å². The van der Waals surface area contributed by atoms with Crippen molar-refractivity contribution >= 4 is 5.91 Å². The molecular formula is C18H27N3O2. The van der Waals surface area contributed by atoms with E-state index in [9.17, 15) is 9.90 Å². The molecule has 0 aliphatic carbocycles. The summed E-state index contributed by atoms with van der Waals surface area (Å²) in [6.07, 6.45) is 2.87. The van der Waals surface area contributed by atoms with Crippen molar-refractivity contribution in [2.75, 3.05) is 46.3 Å². The van der Waals surface area contributed by atoms with Gasteiger partial charge in [0.05, 0.1) is 6.42 Å². The van der Waals surface area contributed by atoms with E-state index in [1.807, 2.05) is 11.0 Å². The quantitative estimate of drug-likeness (QED) is 0.909. The summed E-state index contributed by atoms with van der Waals surface area (Å²) < 4.78 is 0. The van der Waals surface area contributed by atoms with Crippen molar-refractivity contribution in [2.45, 2.75) is 25.3 Å². The van der Waals surface area contributed by atoms with E-state index in [1.165, 1.54) is 25.9 Å². The second-order valence-corrected chi connectivity index (χ2v) is 6.80. The van der Waals surface area contributed by atoms with Crippen LogP contribution in [0.15, 0.2) is 24.3 Å². The number of aromatic hydroxyl groups is 1. The van der Waals surface area contributed by atoms with Crippen molar-refractivity contribution in [3.8, 4) is 5.75 Å². The summed E-state index contributed by atoms with van der Waals surface area (Å²) in [5, 5.41) is 9.50. The fraction of sp³-hybridized carbons (Fsp3) is 0.611. The zero-order valence-electron chi connectivity index (χ0n) is 13.9. The third-order valence-corrected chi connectivity index (χ3v) is 5.14. The molecule has 0 spiro atoms. The van der Waals surface area contributed by atoms with Crippen LogP contribution in [0.5, 0.6) is 5.75 Å². The molecule has 2 aliphatic rings. The Labute approximate surface area is 138 Å². The summed E-state index contributed by atoms with van der Waals surface area (Å²) in [5.41, 5.74) is 0.882. The van der Waals surface area contributed by atoms with Gasteiger partial charge < -0.3 is 14.9 Å². The van der Waals surface area contributed by atoms with Gasteiger partial charge in [0.15, 0.2) is 0 Å². The second-order valence-electron chi connectivity index (χ2n) is 6.80. The van der Waals surface area contributed by atoms with E-state index in [0.717, 1.165) is 31.7 Å². The minimum Gasteiger partial charge on any atom is -0.508 e. The molecule has 5 heteroatoms. The van der Waals surface area contributed by atoms with Crippen LogP contribution >= 0.6 is 0 Å². The largest absolute Gasteiger partial charge is 0.508 e. The van der Waals surface area contributed by atoms with Gasteiger partial charge in [-0.2, -0.15) is 0 Å². The average Bonchev–Trinajstić information content (AvgIpc) is 2.56. The summed E-state index contributed by atoms with van der Waals surface area (Å²) in [6, 6.07) is 7.68. The molecule has 126 valence electrons. The molecule has 2 heterocycles. The van der Waals surface area contributed by atoms with E-state index in [4.69, 9.17) is 0 Å². The first-order chi connectivity index (χ1) is 11.1. The van der Waals surface area contributed by atoms with E-state index >= 15 is 0 Å². The molecule has 2 aliphatic heterocycles. The zero-order valence-corrected chi connectivity index (χ0v) is 13.9. The van der Waals surface area contributed by atoms with Gasteiger partial charge in [0.2, 0.25) is 5.91 Å². The van der Waals surface area contributed by atoms with Crippen molar-refractivity contribution in [3.63, 3.8) is 0 Å². The molecule has 0 saturated carbocycles. The van der Waals surface area contributed by atoms with Gasteiger partial charge in [-0.05, 0) is 50.7 Å². The summed E-state index contributed by atoms with van der Waals surface area (Å²) in [4.78, 5) is 19.3. The van der Waals surface area contributed by atoms with Gasteiger partial charge in [0, 0.05) is 32.2 Å². The predicted molar refractivity (Wildman–Crippen MR) is 90.5 cm³/mol. The number of hydrogen-bond acceptors (Lipinski definition) is 4. The van der Waals surface area contributed by atoms with E-state index in [1.54, 1.807) is 18.2 Å². The molecule has 1 aromatic rings. The van der Waals surface area contributed by atoms with Crippen LogP contribution in [0.4, 0.5) is 0 Å². The minimum absolute atomic E-state index is 0.165. The van der Waals surface area contributed by atoms with E-state index in [2.05, 4.69) is 16.8 Å². The van der Waals surface area contributed by atoms with Gasteiger partial charge in [0.1, 0.15) is 5.75 Å². The summed E-state index contributed by atoms with van der Waals surface area (Å²) >= 11 is 0. The third kappa shape index (κ3) is 4.24. The van der Waals surface area contributed by atoms with Crippen molar-refractivity contribution < 1.29 is 9.90 Å². The van der Waals surface area contributed by atoms with Crippen molar-refractivity contribution in [3.05, 3.63) is 29.8 Å². The Morgan fingerprint density at radius 3 is 2.48 bits per heavy atom. The number of nitrogens with zero attached hydrogens (tertiary/aromatic N) is 3. The van der Waals surface area contributed by atoms with Crippen LogP contribution < -0.4 is 0 Å². The lowest BCUT2D eigenvalue weighted by Crippen LogP contribution is -2.54. The molecule has 2 saturated heterocycles. The smallest absolute Gasteiger partial charge is 0.227 e. The van der Waals surface area contributed by atoms with E-state index in [0.29, 0.717) is 12.5 Å². The maximum Gasteiger partial charge on any atom is 0.227 e. The van der Waals surface area contributed by atoms with Crippen LogP contribution in [0.1, 0.15) is 18.4 Å². The van der Waals surface area contributed by atoms with Gasteiger partial charge in [-0.15, -0.1) is 0 Å². The Bertz CT molecular complexity index is 533. The molecule has 1 amide bonds. The Morgan fingerprint density at radius 2 is 1.83 bits per heavy atom. The number of amides is 1. The van der Waals surface area contributed by atoms with Crippen molar-refractivity contribution in [1.82, 2.24) is 14.7 Å². The number of carbonyl (C=O) groups is 1. The molecule has 0 unspecified atom stereocenters. The number of phenolic OH excluding ortho intramolecular Hbond substituents is 1. The highest BCUT2D eigenvalue weighted by molar-refractivity contribution is 5.79. The Balaban J connectivity index is 1.47. The third-order valence-electron chi connectivity index (χ3n) is 5.14. The molecule has 1 aromatic carbocycles. The van der Waals surface area contributed by atoms with Gasteiger partial charge in [-0.1, -0.05) is 12.1 Å². The lowest BCUT2D eigenvalue weighted by atomic mass is 10.0. The van der Waals surface area contributed by atoms with Crippen LogP contribution in [-0.2, 0) is 11.2 Å². The molecule has 5 nitrogen and oxygen atoms in total. The lowest BCUT2D eigenvalue weighted by Gasteiger charge is -2.42. The standard InChI is InChI=1S/C18H27N3O2/c1-19-7-5-16(6-8-19)20-9-11-21(12-10-20)18(23)14-15-3-2-4-17(22)13-15/h2-4,13,16,22H,5-12,14H2,1H3. The SMILES string of the molecule is CN1CCC(N2CCN(C(=O)Cc3cccc(O)c3)CC2)CC1. The first-order valence-electron chi connectivity index (χ1n) is 8.60. The average molecular weight is 317 g/mol. The number of hydrogen-bond donors (Lipinski definition) is 1. The highest BCUT2D eigenvalue weighted by Crippen LogP contribution is 2.18. The molecule has 23 heavy (non-hydrogen) atoms. The topological polar surface area (TPSA) is 47.0 Å². The molecule has 0 bridgehead atoms. The number of piperazine rings is 1. The van der Waals surface area contributed by atoms with Crippen LogP contribution in [0, 0.1) is 0 Å². The Hall–Kier alpha value is -1.59. The predicted octanol–water partition coefficient (Wildman–Crippen LogP) is 1.17. The Morgan fingerprint density at radius 1 is 1.13 bits per heavy atom. The number of benzene rings is 1. The van der Waals surface area contributed by atoms with Crippen LogP contribution in [0.3, 0.4) is 0 Å². The monoisotopic (exact) mass is 317 g/mol. The van der Waals surface area contributed by atoms with Gasteiger partial charge in [-0.3, -0.25) is 9.69 Å². The number of piperidine rings is 1. The van der Waals surface area contributed by atoms with E-state index in [-0.39, 0.29) is 11.7 Å². The number of phenols is 1. The minimum atomic E-state index is 0.165. The summed E-state index contributed by atoms with van der Waals surface area (Å²) in [7, 11) is 2.19. The van der Waals surface area contributed by atoms with Crippen molar-refractivity contribution in [1.29, 1.82) is 0 Å². The molecular weight excluding hydrogens is 290 g/mol. The second kappa shape index (κ2) is 7.32. The van der Waals surface area contributed by atoms with Gasteiger partial charge >= 0.3 is 0 Å². The maximum atomic E-state index is 12.4. The highest BCUT2D eigenvalue weighted by Gasteiger charge is 2.27. The maximum absolute atomic E-state index is 12.4. The molecule has 2 fully saturated rings. The number of rotatable bonds is 3. The first kappa shape index (κ1) is 16.3. The highest BCUT2D eigenvalue weighted by atomic mass is 16.3. The normalized spacial score (nSPS) is 21.5. The van der Waals surface area contributed by atoms with E-state index < -0.39 is 0 Å². The first-order valence-corrected chi connectivity index (χ1v) is 8.60. The van der Waals surface area contributed by atoms with Gasteiger partial charge in [-0.25, -0.2) is 0 Å². The fourth-order valence-electron chi connectivity index (χ4n) is 3.65.